The van der Waals surface area contributed by atoms with E-state index in [1.54, 1.807) is 30.3 Å². The van der Waals surface area contributed by atoms with E-state index >= 15 is 0 Å². The lowest BCUT2D eigenvalue weighted by atomic mass is 10.1. The van der Waals surface area contributed by atoms with Gasteiger partial charge in [-0.3, -0.25) is 9.59 Å². The minimum atomic E-state index is -0.254. The Labute approximate surface area is 138 Å². The van der Waals surface area contributed by atoms with Crippen LogP contribution in [0.3, 0.4) is 0 Å². The second-order valence-electron chi connectivity index (χ2n) is 5.16. The molecule has 1 heterocycles. The number of aromatic nitrogens is 2. The Kier molecular flexibility index (Phi) is 4.56. The summed E-state index contributed by atoms with van der Waals surface area (Å²) in [5.41, 5.74) is 0.822. The molecule has 6 nitrogen and oxygen atoms in total. The summed E-state index contributed by atoms with van der Waals surface area (Å²) in [7, 11) is 0. The Bertz CT molecular complexity index is 934. The number of H-pyrrole nitrogens is 1. The number of carbonyl (C=O) groups excluding carboxylic acids is 1. The third kappa shape index (κ3) is 3.12. The van der Waals surface area contributed by atoms with E-state index in [4.69, 9.17) is 4.74 Å². The summed E-state index contributed by atoms with van der Waals surface area (Å²) in [6, 6.07) is 14.2. The van der Waals surface area contributed by atoms with Crippen LogP contribution in [0, 0.1) is 0 Å². The van der Waals surface area contributed by atoms with Crippen molar-refractivity contribution in [3.63, 3.8) is 0 Å². The summed E-state index contributed by atoms with van der Waals surface area (Å²) in [6.07, 6.45) is 0. The maximum Gasteiger partial charge on any atom is 0.272 e. The number of ether oxygens (including phenoxy) is 1. The van der Waals surface area contributed by atoms with Crippen molar-refractivity contribution in [2.24, 2.45) is 0 Å². The topological polar surface area (TPSA) is 84.1 Å². The number of benzene rings is 2. The van der Waals surface area contributed by atoms with Gasteiger partial charge in [-0.05, 0) is 25.1 Å². The van der Waals surface area contributed by atoms with E-state index in [-0.39, 0.29) is 18.0 Å². The first-order valence-electron chi connectivity index (χ1n) is 7.67. The molecule has 6 heteroatoms. The molecule has 3 aromatic rings. The number of aromatic amines is 1. The molecule has 0 aliphatic rings. The molecule has 0 unspecified atom stereocenters. The molecule has 1 amide bonds. The van der Waals surface area contributed by atoms with Gasteiger partial charge in [-0.15, -0.1) is 0 Å². The van der Waals surface area contributed by atoms with Gasteiger partial charge in [0.25, 0.3) is 11.5 Å². The van der Waals surface area contributed by atoms with Gasteiger partial charge in [0.15, 0.2) is 0 Å². The fraction of sp³-hybridized carbons (Fsp3) is 0.167. The fourth-order valence-electron chi connectivity index (χ4n) is 2.50. The molecule has 122 valence electrons. The minimum absolute atomic E-state index is 0.205. The van der Waals surface area contributed by atoms with E-state index in [9.17, 15) is 9.59 Å². The third-order valence-corrected chi connectivity index (χ3v) is 3.62. The zero-order valence-corrected chi connectivity index (χ0v) is 13.2. The molecule has 2 aromatic carbocycles. The lowest BCUT2D eigenvalue weighted by Crippen LogP contribution is -2.25. The summed E-state index contributed by atoms with van der Waals surface area (Å²) < 4.78 is 5.47. The molecule has 0 spiro atoms. The van der Waals surface area contributed by atoms with Crippen molar-refractivity contribution >= 4 is 16.7 Å². The lowest BCUT2D eigenvalue weighted by Gasteiger charge is -2.11. The lowest BCUT2D eigenvalue weighted by molar-refractivity contribution is 0.0946. The molecule has 0 bridgehead atoms. The van der Waals surface area contributed by atoms with Crippen molar-refractivity contribution in [2.45, 2.75) is 13.5 Å². The van der Waals surface area contributed by atoms with Crippen molar-refractivity contribution in [3.8, 4) is 5.75 Å². The van der Waals surface area contributed by atoms with Crippen LogP contribution in [0.2, 0.25) is 0 Å². The molecule has 0 saturated heterocycles. The first-order valence-corrected chi connectivity index (χ1v) is 7.67. The van der Waals surface area contributed by atoms with Crippen molar-refractivity contribution in [3.05, 3.63) is 70.1 Å². The monoisotopic (exact) mass is 323 g/mol. The average Bonchev–Trinajstić information content (AvgIpc) is 2.62. The smallest absolute Gasteiger partial charge is 0.272 e. The van der Waals surface area contributed by atoms with Gasteiger partial charge in [0.1, 0.15) is 5.75 Å². The van der Waals surface area contributed by atoms with E-state index in [0.29, 0.717) is 29.0 Å². The highest BCUT2D eigenvalue weighted by Crippen LogP contribution is 2.18. The quantitative estimate of drug-likeness (QED) is 0.754. The zero-order valence-electron chi connectivity index (χ0n) is 13.2. The van der Waals surface area contributed by atoms with E-state index in [1.807, 2.05) is 25.1 Å². The number of hydrogen-bond donors (Lipinski definition) is 2. The predicted molar refractivity (Wildman–Crippen MR) is 91.1 cm³/mol. The van der Waals surface area contributed by atoms with Gasteiger partial charge >= 0.3 is 0 Å². The van der Waals surface area contributed by atoms with E-state index in [2.05, 4.69) is 15.5 Å². The number of hydrogen-bond acceptors (Lipinski definition) is 4. The molecule has 0 aliphatic heterocycles. The second kappa shape index (κ2) is 6.95. The molecular formula is C18H17N3O3. The number of carbonyl (C=O) groups is 1. The Morgan fingerprint density at radius 2 is 1.83 bits per heavy atom. The van der Waals surface area contributed by atoms with Crippen LogP contribution in [0.5, 0.6) is 5.75 Å². The molecule has 0 radical (unpaired) electrons. The highest BCUT2D eigenvalue weighted by molar-refractivity contribution is 5.97. The van der Waals surface area contributed by atoms with Crippen LogP contribution in [0.15, 0.2) is 53.3 Å². The number of nitrogens with zero attached hydrogens (tertiary/aromatic N) is 1. The minimum Gasteiger partial charge on any atom is -0.493 e. The Balaban J connectivity index is 1.83. The first-order chi connectivity index (χ1) is 11.7. The number of fused-ring (bicyclic) bond motifs is 1. The van der Waals surface area contributed by atoms with Crippen LogP contribution in [-0.4, -0.2) is 22.7 Å². The van der Waals surface area contributed by atoms with Crippen LogP contribution in [0.25, 0.3) is 10.8 Å². The molecular weight excluding hydrogens is 306 g/mol. The molecule has 2 N–H and O–H groups in total. The summed E-state index contributed by atoms with van der Waals surface area (Å²) in [4.78, 5) is 24.2. The summed E-state index contributed by atoms with van der Waals surface area (Å²) in [6.45, 7) is 2.55. The van der Waals surface area contributed by atoms with Gasteiger partial charge in [-0.2, -0.15) is 5.10 Å². The van der Waals surface area contributed by atoms with Gasteiger partial charge in [-0.25, -0.2) is 5.10 Å². The zero-order chi connectivity index (χ0) is 16.9. The third-order valence-electron chi connectivity index (χ3n) is 3.62. The number of amides is 1. The van der Waals surface area contributed by atoms with Crippen molar-refractivity contribution in [1.82, 2.24) is 15.5 Å². The summed E-state index contributed by atoms with van der Waals surface area (Å²) in [5, 5.41) is 10.6. The first kappa shape index (κ1) is 15.7. The van der Waals surface area contributed by atoms with Gasteiger partial charge in [0.05, 0.1) is 29.8 Å². The standard InChI is InChI=1S/C18H17N3O3/c1-2-24-16-10-6-5-9-14(16)17(22)19-11-15-12-7-3-4-8-13(12)18(23)21-20-15/h3-10H,2,11H2,1H3,(H,19,22)(H,21,23). The molecule has 24 heavy (non-hydrogen) atoms. The summed E-state index contributed by atoms with van der Waals surface area (Å²) in [5.74, 6) is 0.285. The van der Waals surface area contributed by atoms with E-state index in [1.165, 1.54) is 0 Å². The largest absolute Gasteiger partial charge is 0.493 e. The number of nitrogens with one attached hydrogen (secondary N) is 2. The van der Waals surface area contributed by atoms with Crippen LogP contribution >= 0.6 is 0 Å². The second-order valence-corrected chi connectivity index (χ2v) is 5.16. The van der Waals surface area contributed by atoms with E-state index in [0.717, 1.165) is 5.39 Å². The van der Waals surface area contributed by atoms with Gasteiger partial charge in [0, 0.05) is 5.39 Å². The Hall–Kier alpha value is -3.15. The van der Waals surface area contributed by atoms with Crippen LogP contribution in [0.1, 0.15) is 23.0 Å². The molecule has 0 fully saturated rings. The van der Waals surface area contributed by atoms with Crippen LogP contribution < -0.4 is 15.6 Å². The Morgan fingerprint density at radius 1 is 1.12 bits per heavy atom. The van der Waals surface area contributed by atoms with Crippen LogP contribution in [-0.2, 0) is 6.54 Å². The normalized spacial score (nSPS) is 10.5. The predicted octanol–water partition coefficient (Wildman–Crippen LogP) is 2.25. The highest BCUT2D eigenvalue weighted by Gasteiger charge is 2.13. The van der Waals surface area contributed by atoms with Crippen molar-refractivity contribution in [2.75, 3.05) is 6.61 Å². The van der Waals surface area contributed by atoms with Gasteiger partial charge in [-0.1, -0.05) is 30.3 Å². The van der Waals surface area contributed by atoms with Gasteiger partial charge < -0.3 is 10.1 Å². The fourth-order valence-corrected chi connectivity index (χ4v) is 2.50. The number of rotatable bonds is 5. The molecule has 3 rings (SSSR count). The maximum atomic E-state index is 12.4. The highest BCUT2D eigenvalue weighted by atomic mass is 16.5. The van der Waals surface area contributed by atoms with Crippen LogP contribution in [0.4, 0.5) is 0 Å². The SMILES string of the molecule is CCOc1ccccc1C(=O)NCc1n[nH]c(=O)c2ccccc12. The molecule has 1 aromatic heterocycles. The summed E-state index contributed by atoms with van der Waals surface area (Å²) >= 11 is 0. The Morgan fingerprint density at radius 3 is 2.62 bits per heavy atom. The number of para-hydroxylation sites is 1. The maximum absolute atomic E-state index is 12.4. The van der Waals surface area contributed by atoms with E-state index < -0.39 is 0 Å². The van der Waals surface area contributed by atoms with Crippen molar-refractivity contribution in [1.29, 1.82) is 0 Å². The molecule has 0 atom stereocenters. The average molecular weight is 323 g/mol. The van der Waals surface area contributed by atoms with Gasteiger partial charge in [0.2, 0.25) is 0 Å². The molecule has 0 saturated carbocycles. The molecule has 0 aliphatic carbocycles. The van der Waals surface area contributed by atoms with Crippen molar-refractivity contribution < 1.29 is 9.53 Å².